The second-order valence-corrected chi connectivity index (χ2v) is 8.08. The van der Waals surface area contributed by atoms with Gasteiger partial charge in [-0.25, -0.2) is 0 Å². The summed E-state index contributed by atoms with van der Waals surface area (Å²) >= 11 is 7.54. The van der Waals surface area contributed by atoms with Crippen molar-refractivity contribution in [3.63, 3.8) is 0 Å². The molecule has 138 valence electrons. The number of ether oxygens (including phenoxy) is 1. The fourth-order valence-electron chi connectivity index (χ4n) is 3.69. The molecule has 7 heteroatoms. The lowest BCUT2D eigenvalue weighted by Crippen LogP contribution is -2.42. The predicted molar refractivity (Wildman–Crippen MR) is 108 cm³/mol. The number of nitrogens with one attached hydrogen (secondary N) is 1. The zero-order valence-electron chi connectivity index (χ0n) is 14.9. The molecule has 0 amide bonds. The maximum Gasteiger partial charge on any atom is 0.170 e. The van der Waals surface area contributed by atoms with Crippen LogP contribution in [0, 0.1) is 6.92 Å². The smallest absolute Gasteiger partial charge is 0.170 e. The lowest BCUT2D eigenvalue weighted by Gasteiger charge is -2.32. The van der Waals surface area contributed by atoms with Crippen LogP contribution in [0.15, 0.2) is 35.8 Å². The van der Waals surface area contributed by atoms with Crippen LogP contribution in [0.25, 0.3) is 0 Å². The number of rotatable bonds is 5. The molecule has 4 heterocycles. The van der Waals surface area contributed by atoms with Gasteiger partial charge in [-0.05, 0) is 48.3 Å². The second-order valence-electron chi connectivity index (χ2n) is 6.74. The molecule has 2 aromatic heterocycles. The average Bonchev–Trinajstić information content (AvgIpc) is 3.24. The molecule has 0 aliphatic carbocycles. The SMILES string of the molecule is Cc1ccsc1[C@@H]1[C@H](c2ccccn2)NC(=S)N1CCN1CCOCC1. The summed E-state index contributed by atoms with van der Waals surface area (Å²) in [6.07, 6.45) is 1.86. The molecule has 2 aliphatic heterocycles. The van der Waals surface area contributed by atoms with Crippen LogP contribution >= 0.6 is 23.6 Å². The summed E-state index contributed by atoms with van der Waals surface area (Å²) in [5.41, 5.74) is 2.37. The number of aromatic nitrogens is 1. The first kappa shape index (κ1) is 17.9. The number of aryl methyl sites for hydroxylation is 1. The lowest BCUT2D eigenvalue weighted by molar-refractivity contribution is 0.0350. The minimum atomic E-state index is 0.0886. The third kappa shape index (κ3) is 3.62. The Labute approximate surface area is 164 Å². The first-order valence-electron chi connectivity index (χ1n) is 9.06. The van der Waals surface area contributed by atoms with Gasteiger partial charge in [-0.15, -0.1) is 11.3 Å². The van der Waals surface area contributed by atoms with E-state index in [-0.39, 0.29) is 12.1 Å². The van der Waals surface area contributed by atoms with E-state index in [1.807, 2.05) is 29.7 Å². The number of nitrogens with zero attached hydrogens (tertiary/aromatic N) is 3. The quantitative estimate of drug-likeness (QED) is 0.795. The van der Waals surface area contributed by atoms with Crippen LogP contribution in [0.5, 0.6) is 0 Å². The van der Waals surface area contributed by atoms with Crippen LogP contribution in [-0.2, 0) is 4.74 Å². The van der Waals surface area contributed by atoms with Crippen LogP contribution in [0.4, 0.5) is 0 Å². The average molecular weight is 389 g/mol. The molecular weight excluding hydrogens is 364 g/mol. The Morgan fingerprint density at radius 3 is 2.81 bits per heavy atom. The predicted octanol–water partition coefficient (Wildman–Crippen LogP) is 2.76. The minimum Gasteiger partial charge on any atom is -0.379 e. The molecule has 0 aromatic carbocycles. The van der Waals surface area contributed by atoms with Crippen LogP contribution in [-0.4, -0.2) is 59.3 Å². The molecule has 5 nitrogen and oxygen atoms in total. The van der Waals surface area contributed by atoms with Gasteiger partial charge < -0.3 is 15.0 Å². The molecule has 0 bridgehead atoms. The fraction of sp³-hybridized carbons (Fsp3) is 0.474. The monoisotopic (exact) mass is 388 g/mol. The zero-order chi connectivity index (χ0) is 17.9. The summed E-state index contributed by atoms with van der Waals surface area (Å²) in [5, 5.41) is 6.53. The summed E-state index contributed by atoms with van der Waals surface area (Å²) in [6, 6.07) is 8.56. The summed E-state index contributed by atoms with van der Waals surface area (Å²) in [4.78, 5) is 10.8. The molecule has 26 heavy (non-hydrogen) atoms. The molecule has 0 radical (unpaired) electrons. The largest absolute Gasteiger partial charge is 0.379 e. The Hall–Kier alpha value is -1.54. The Balaban J connectivity index is 1.59. The van der Waals surface area contributed by atoms with Crippen molar-refractivity contribution in [3.8, 4) is 0 Å². The molecular formula is C19H24N4OS2. The molecule has 2 fully saturated rings. The van der Waals surface area contributed by atoms with Gasteiger partial charge >= 0.3 is 0 Å². The van der Waals surface area contributed by atoms with E-state index in [4.69, 9.17) is 17.0 Å². The normalized spacial score (nSPS) is 24.0. The summed E-state index contributed by atoms with van der Waals surface area (Å²) in [5.74, 6) is 0. The van der Waals surface area contributed by atoms with Crippen molar-refractivity contribution in [3.05, 3.63) is 52.0 Å². The van der Waals surface area contributed by atoms with Crippen LogP contribution in [0.3, 0.4) is 0 Å². The lowest BCUT2D eigenvalue weighted by atomic mass is 10.0. The molecule has 0 saturated carbocycles. The van der Waals surface area contributed by atoms with Gasteiger partial charge in [-0.1, -0.05) is 6.07 Å². The van der Waals surface area contributed by atoms with Crippen molar-refractivity contribution in [2.24, 2.45) is 0 Å². The van der Waals surface area contributed by atoms with Crippen molar-refractivity contribution in [1.82, 2.24) is 20.1 Å². The highest BCUT2D eigenvalue weighted by Gasteiger charge is 2.40. The summed E-state index contributed by atoms with van der Waals surface area (Å²) in [7, 11) is 0. The van der Waals surface area contributed by atoms with E-state index in [0.29, 0.717) is 0 Å². The van der Waals surface area contributed by atoms with E-state index >= 15 is 0 Å². The maximum atomic E-state index is 5.73. The van der Waals surface area contributed by atoms with Gasteiger partial charge in [0.05, 0.1) is 31.0 Å². The van der Waals surface area contributed by atoms with Crippen LogP contribution in [0.1, 0.15) is 28.2 Å². The number of thiocarbonyl (C=S) groups is 1. The molecule has 2 aromatic rings. The van der Waals surface area contributed by atoms with Crippen LogP contribution < -0.4 is 5.32 Å². The Bertz CT molecular complexity index is 745. The van der Waals surface area contributed by atoms with Gasteiger partial charge in [0.2, 0.25) is 0 Å². The van der Waals surface area contributed by atoms with Gasteiger partial charge in [-0.2, -0.15) is 0 Å². The fourth-order valence-corrected chi connectivity index (χ4v) is 5.10. The molecule has 2 aliphatic rings. The van der Waals surface area contributed by atoms with Crippen molar-refractivity contribution in [2.45, 2.75) is 19.0 Å². The summed E-state index contributed by atoms with van der Waals surface area (Å²) < 4.78 is 5.46. The molecule has 2 atom stereocenters. The zero-order valence-corrected chi connectivity index (χ0v) is 16.6. The second kappa shape index (κ2) is 8.00. The van der Waals surface area contributed by atoms with E-state index in [1.54, 1.807) is 0 Å². The highest BCUT2D eigenvalue weighted by Crippen LogP contribution is 2.41. The Morgan fingerprint density at radius 2 is 2.12 bits per heavy atom. The van der Waals surface area contributed by atoms with Gasteiger partial charge in [0, 0.05) is 37.3 Å². The highest BCUT2D eigenvalue weighted by molar-refractivity contribution is 7.80. The summed E-state index contributed by atoms with van der Waals surface area (Å²) in [6.45, 7) is 7.75. The first-order chi connectivity index (χ1) is 12.7. The maximum absolute atomic E-state index is 5.73. The van der Waals surface area contributed by atoms with E-state index in [9.17, 15) is 0 Å². The number of thiophene rings is 1. The Morgan fingerprint density at radius 1 is 1.27 bits per heavy atom. The molecule has 1 N–H and O–H groups in total. The van der Waals surface area contributed by atoms with Crippen LogP contribution in [0.2, 0.25) is 0 Å². The van der Waals surface area contributed by atoms with Gasteiger partial charge in [0.15, 0.2) is 5.11 Å². The van der Waals surface area contributed by atoms with Gasteiger partial charge in [0.25, 0.3) is 0 Å². The van der Waals surface area contributed by atoms with Crippen molar-refractivity contribution >= 4 is 28.7 Å². The number of pyridine rings is 1. The van der Waals surface area contributed by atoms with E-state index in [2.05, 4.69) is 44.5 Å². The van der Waals surface area contributed by atoms with E-state index in [0.717, 1.165) is 50.2 Å². The van der Waals surface area contributed by atoms with Gasteiger partial charge in [0.1, 0.15) is 0 Å². The number of morpholine rings is 1. The van der Waals surface area contributed by atoms with E-state index < -0.39 is 0 Å². The first-order valence-corrected chi connectivity index (χ1v) is 10.3. The highest BCUT2D eigenvalue weighted by atomic mass is 32.1. The van der Waals surface area contributed by atoms with Crippen molar-refractivity contribution in [2.75, 3.05) is 39.4 Å². The van der Waals surface area contributed by atoms with Crippen molar-refractivity contribution in [1.29, 1.82) is 0 Å². The number of hydrogen-bond acceptors (Lipinski definition) is 5. The van der Waals surface area contributed by atoms with Crippen molar-refractivity contribution < 1.29 is 4.74 Å². The van der Waals surface area contributed by atoms with E-state index in [1.165, 1.54) is 10.4 Å². The van der Waals surface area contributed by atoms with Gasteiger partial charge in [-0.3, -0.25) is 9.88 Å². The third-order valence-corrected chi connectivity index (χ3v) is 6.57. The molecule has 2 saturated heterocycles. The minimum absolute atomic E-state index is 0.0886. The molecule has 0 unspecified atom stereocenters. The molecule has 4 rings (SSSR count). The number of hydrogen-bond donors (Lipinski definition) is 1. The topological polar surface area (TPSA) is 40.6 Å². The standard InChI is InChI=1S/C19H24N4OS2/c1-14-5-13-26-18(14)17-16(15-4-2-3-6-20-15)21-19(25)23(17)8-7-22-9-11-24-12-10-22/h2-6,13,16-17H,7-12H2,1H3,(H,21,25)/t16-,17-/m0/s1. The Kier molecular flexibility index (Phi) is 5.49. The molecule has 0 spiro atoms. The third-order valence-electron chi connectivity index (χ3n) is 5.13.